The van der Waals surface area contributed by atoms with E-state index in [0.717, 1.165) is 101 Å². The van der Waals surface area contributed by atoms with Crippen molar-refractivity contribution in [3.8, 4) is 56.5 Å². The topological polar surface area (TPSA) is 31.6 Å². The molecule has 0 spiro atoms. The molecule has 0 amide bonds. The first kappa shape index (κ1) is 45.7. The van der Waals surface area contributed by atoms with E-state index in [-0.39, 0.29) is 17.6 Å². The molecule has 3 unspecified atom stereocenters. The van der Waals surface area contributed by atoms with Crippen molar-refractivity contribution in [2.75, 3.05) is 0 Å². The van der Waals surface area contributed by atoms with Crippen LogP contribution < -0.4 is 18.8 Å². The molecule has 61 heavy (non-hydrogen) atoms. The summed E-state index contributed by atoms with van der Waals surface area (Å²) >= 11 is 0. The lowest BCUT2D eigenvalue weighted by molar-refractivity contribution is -0.577. The van der Waals surface area contributed by atoms with Gasteiger partial charge >= 0.3 is 0 Å². The summed E-state index contributed by atoms with van der Waals surface area (Å²) in [4.78, 5) is 0. The minimum absolute atomic E-state index is 0.137. The molecule has 0 saturated carbocycles. The Labute approximate surface area is 369 Å². The second-order valence-electron chi connectivity index (χ2n) is 17.6. The van der Waals surface area contributed by atoms with Gasteiger partial charge in [0, 0.05) is 12.1 Å². The van der Waals surface area contributed by atoms with Gasteiger partial charge in [-0.05, 0) is 159 Å². The van der Waals surface area contributed by atoms with E-state index in [1.54, 1.807) is 0 Å². The number of aromatic nitrogens is 1. The zero-order valence-corrected chi connectivity index (χ0v) is 38.6. The molecule has 2 heterocycles. The summed E-state index contributed by atoms with van der Waals surface area (Å²) in [6.07, 6.45) is 20.0. The van der Waals surface area contributed by atoms with Gasteiger partial charge in [0.05, 0.1) is 23.2 Å². The summed E-state index contributed by atoms with van der Waals surface area (Å²) in [6.45, 7) is 20.6. The minimum atomic E-state index is -0.137. The van der Waals surface area contributed by atoms with E-state index in [1.165, 1.54) is 68.9 Å². The molecule has 0 N–H and O–H groups in total. The number of fused-ring (bicyclic) bond motifs is 3. The van der Waals surface area contributed by atoms with Crippen molar-refractivity contribution < 1.29 is 18.8 Å². The van der Waals surface area contributed by atoms with Crippen LogP contribution in [0.3, 0.4) is 0 Å². The third kappa shape index (κ3) is 11.4. The maximum absolute atomic E-state index is 6.89. The first-order valence-corrected chi connectivity index (χ1v) is 24.0. The normalized spacial score (nSPS) is 14.4. The van der Waals surface area contributed by atoms with Crippen LogP contribution in [0.1, 0.15) is 150 Å². The van der Waals surface area contributed by atoms with Gasteiger partial charge in [0.1, 0.15) is 23.0 Å². The van der Waals surface area contributed by atoms with Crippen molar-refractivity contribution in [2.45, 2.75) is 162 Å². The van der Waals surface area contributed by atoms with Crippen molar-refractivity contribution in [1.82, 2.24) is 0 Å². The fraction of sp³-hybridized carbons (Fsp3) is 0.456. The molecule has 4 nitrogen and oxygen atoms in total. The van der Waals surface area contributed by atoms with Crippen LogP contribution in [0.15, 0.2) is 116 Å². The second-order valence-corrected chi connectivity index (χ2v) is 17.6. The zero-order chi connectivity index (χ0) is 43.2. The molecular formula is C57H74NO3+. The highest BCUT2D eigenvalue weighted by atomic mass is 16.5. The average Bonchev–Trinajstić information content (AvgIpc) is 3.29. The van der Waals surface area contributed by atoms with Crippen molar-refractivity contribution in [1.29, 1.82) is 0 Å². The lowest BCUT2D eigenvalue weighted by atomic mass is 9.69. The van der Waals surface area contributed by atoms with Crippen LogP contribution in [0.2, 0.25) is 0 Å². The first-order valence-electron chi connectivity index (χ1n) is 24.0. The van der Waals surface area contributed by atoms with Crippen molar-refractivity contribution >= 4 is 5.70 Å². The van der Waals surface area contributed by atoms with Gasteiger partial charge in [0.2, 0.25) is 5.69 Å². The summed E-state index contributed by atoms with van der Waals surface area (Å²) in [5.41, 5.74) is 9.10. The number of allylic oxidation sites excluding steroid dienone is 1. The standard InChI is InChI=1S/C57H74NO3/c1-9-15-17-23-48(12-4)59-50-31-27-44(28-32-50)46-38-47(45-29-33-51(34-30-45)60-49(24-18-16-10-2)25-21-22-42(7)11-3)40-53(39-46)61-52-35-36-55-54(41-52)56-26-19-20-37-58(56)43(8)57(55,13-5)14-6/h19-20,26-42,48-49H,8-18,21-25H2,1-7H3/q+1. The highest BCUT2D eigenvalue weighted by molar-refractivity contribution is 5.77. The number of benzene rings is 4. The van der Waals surface area contributed by atoms with E-state index in [0.29, 0.717) is 0 Å². The molecule has 5 aromatic rings. The highest BCUT2D eigenvalue weighted by Crippen LogP contribution is 2.47. The van der Waals surface area contributed by atoms with Crippen LogP contribution >= 0.6 is 0 Å². The molecule has 4 aromatic carbocycles. The Hall–Kier alpha value is -4.83. The minimum Gasteiger partial charge on any atom is -0.490 e. The summed E-state index contributed by atoms with van der Waals surface area (Å²) in [5, 5.41) is 0. The van der Waals surface area contributed by atoms with Gasteiger partial charge < -0.3 is 14.2 Å². The highest BCUT2D eigenvalue weighted by Gasteiger charge is 2.45. The maximum Gasteiger partial charge on any atom is 0.218 e. The van der Waals surface area contributed by atoms with E-state index in [9.17, 15) is 0 Å². The first-order chi connectivity index (χ1) is 29.7. The monoisotopic (exact) mass is 821 g/mol. The Bertz CT molecular complexity index is 2130. The van der Waals surface area contributed by atoms with Crippen LogP contribution in [0.25, 0.3) is 39.2 Å². The van der Waals surface area contributed by atoms with Gasteiger partial charge in [0.25, 0.3) is 0 Å². The van der Waals surface area contributed by atoms with Crippen molar-refractivity contribution in [3.63, 3.8) is 0 Å². The Kier molecular flexibility index (Phi) is 16.7. The molecule has 0 saturated heterocycles. The molecule has 0 radical (unpaired) electrons. The fourth-order valence-corrected chi connectivity index (χ4v) is 9.25. The quantitative estimate of drug-likeness (QED) is 0.0459. The number of hydrogen-bond acceptors (Lipinski definition) is 3. The molecule has 3 atom stereocenters. The van der Waals surface area contributed by atoms with E-state index in [4.69, 9.17) is 14.2 Å². The van der Waals surface area contributed by atoms with Gasteiger partial charge in [0.15, 0.2) is 11.9 Å². The summed E-state index contributed by atoms with van der Waals surface area (Å²) < 4.78 is 22.3. The zero-order valence-electron chi connectivity index (χ0n) is 38.6. The van der Waals surface area contributed by atoms with Crippen molar-refractivity contribution in [3.05, 3.63) is 121 Å². The lowest BCUT2D eigenvalue weighted by Gasteiger charge is -2.35. The van der Waals surface area contributed by atoms with Gasteiger partial charge in [-0.3, -0.25) is 0 Å². The maximum atomic E-state index is 6.89. The second kappa shape index (κ2) is 22.3. The number of rotatable bonds is 24. The summed E-state index contributed by atoms with van der Waals surface area (Å²) in [7, 11) is 0. The van der Waals surface area contributed by atoms with Gasteiger partial charge in [-0.2, -0.15) is 4.57 Å². The number of unbranched alkanes of at least 4 members (excludes halogenated alkanes) is 4. The third-order valence-corrected chi connectivity index (χ3v) is 13.5. The predicted molar refractivity (Wildman–Crippen MR) is 258 cm³/mol. The van der Waals surface area contributed by atoms with Gasteiger partial charge in [-0.15, -0.1) is 0 Å². The van der Waals surface area contributed by atoms with Gasteiger partial charge in [-0.25, -0.2) is 0 Å². The Morgan fingerprint density at radius 3 is 1.69 bits per heavy atom. The summed E-state index contributed by atoms with van der Waals surface area (Å²) in [6, 6.07) is 37.0. The van der Waals surface area contributed by atoms with Crippen LogP contribution in [-0.2, 0) is 5.41 Å². The van der Waals surface area contributed by atoms with Gasteiger partial charge in [-0.1, -0.05) is 117 Å². The van der Waals surface area contributed by atoms with E-state index in [1.807, 2.05) is 0 Å². The average molecular weight is 821 g/mol. The molecule has 0 aliphatic carbocycles. The Morgan fingerprint density at radius 2 is 1.11 bits per heavy atom. The van der Waals surface area contributed by atoms with Crippen LogP contribution in [0.4, 0.5) is 0 Å². The Balaban J connectivity index is 1.32. The summed E-state index contributed by atoms with van der Waals surface area (Å²) in [5.74, 6) is 4.25. The Morgan fingerprint density at radius 1 is 0.541 bits per heavy atom. The van der Waals surface area contributed by atoms with E-state index in [2.05, 4.69) is 169 Å². The fourth-order valence-electron chi connectivity index (χ4n) is 9.25. The molecule has 0 fully saturated rings. The SMILES string of the molecule is C=C1[n+]2ccccc2-c2cc(Oc3cc(-c4ccc(OC(CC)CCCCC)cc4)cc(-c4ccc(OC(CCCCC)CCCC(C)CC)cc4)c3)ccc2C1(CC)CC. The molecule has 4 heteroatoms. The van der Waals surface area contributed by atoms with Crippen LogP contribution in [0, 0.1) is 5.92 Å². The number of ether oxygens (including phenoxy) is 3. The molecule has 6 rings (SSSR count). The van der Waals surface area contributed by atoms with E-state index < -0.39 is 0 Å². The van der Waals surface area contributed by atoms with E-state index >= 15 is 0 Å². The predicted octanol–water partition coefficient (Wildman–Crippen LogP) is 16.6. The smallest absolute Gasteiger partial charge is 0.218 e. The third-order valence-electron chi connectivity index (χ3n) is 13.5. The molecule has 324 valence electrons. The number of nitrogens with zero attached hydrogens (tertiary/aromatic N) is 1. The lowest BCUT2D eigenvalue weighted by Crippen LogP contribution is -2.48. The van der Waals surface area contributed by atoms with Crippen molar-refractivity contribution in [2.24, 2.45) is 5.92 Å². The molecular weight excluding hydrogens is 747 g/mol. The largest absolute Gasteiger partial charge is 0.490 e. The molecule has 0 bridgehead atoms. The molecule has 1 aliphatic heterocycles. The number of pyridine rings is 1. The van der Waals surface area contributed by atoms with Crippen LogP contribution in [0.5, 0.6) is 23.0 Å². The number of hydrogen-bond donors (Lipinski definition) is 0. The van der Waals surface area contributed by atoms with Crippen LogP contribution in [-0.4, -0.2) is 12.2 Å². The molecule has 1 aromatic heterocycles. The molecule has 1 aliphatic rings.